The van der Waals surface area contributed by atoms with E-state index in [0.29, 0.717) is 0 Å². The van der Waals surface area contributed by atoms with Gasteiger partial charge >= 0.3 is 0 Å². The van der Waals surface area contributed by atoms with Crippen molar-refractivity contribution in [2.75, 3.05) is 6.61 Å². The molecule has 0 aliphatic carbocycles. The van der Waals surface area contributed by atoms with Crippen molar-refractivity contribution >= 4 is 0 Å². The second-order valence-electron chi connectivity index (χ2n) is 7.86. The van der Waals surface area contributed by atoms with Gasteiger partial charge in [-0.05, 0) is 13.8 Å². The molecule has 30 heavy (non-hydrogen) atoms. The number of rotatable bonds is 4. The zero-order chi connectivity index (χ0) is 22.3. The van der Waals surface area contributed by atoms with Crippen molar-refractivity contribution in [1.82, 2.24) is 0 Å². The number of aliphatic hydroxyl groups excluding tert-OH is 8. The molecule has 0 aromatic rings. The summed E-state index contributed by atoms with van der Waals surface area (Å²) in [5.41, 5.74) is 0. The summed E-state index contributed by atoms with van der Waals surface area (Å²) >= 11 is 0. The summed E-state index contributed by atoms with van der Waals surface area (Å²) in [6.45, 7) is 2.61. The third-order valence-electron chi connectivity index (χ3n) is 5.62. The molecule has 14 atom stereocenters. The Balaban J connectivity index is 1.63. The van der Waals surface area contributed by atoms with Gasteiger partial charge in [0.2, 0.25) is 0 Å². The van der Waals surface area contributed by atoms with E-state index in [1.54, 1.807) is 0 Å². The van der Waals surface area contributed by atoms with Crippen LogP contribution in [-0.2, 0) is 23.7 Å². The SMILES string of the molecule is C[C@@H]1O[C@@H](O[C@@H]2[C@@H](O)[C@@H](O)[C@@H](C)O[C@@H]2O)[C@H](O)[C@H](O)[C@H]1O[C@@H]1OC[C@@H](O)[C@H](O)[C@H]1O. The van der Waals surface area contributed by atoms with Gasteiger partial charge in [-0.2, -0.15) is 0 Å². The van der Waals surface area contributed by atoms with Crippen LogP contribution in [0.5, 0.6) is 0 Å². The maximum atomic E-state index is 10.5. The molecule has 176 valence electrons. The molecular formula is C17H30O13. The molecule has 3 aliphatic rings. The first-order valence-electron chi connectivity index (χ1n) is 9.71. The van der Waals surface area contributed by atoms with Crippen LogP contribution >= 0.6 is 0 Å². The Morgan fingerprint density at radius 2 is 1.17 bits per heavy atom. The zero-order valence-electron chi connectivity index (χ0n) is 16.4. The molecule has 3 saturated heterocycles. The van der Waals surface area contributed by atoms with E-state index in [1.807, 2.05) is 0 Å². The number of aliphatic hydroxyl groups is 8. The fourth-order valence-corrected chi connectivity index (χ4v) is 3.68. The van der Waals surface area contributed by atoms with Gasteiger partial charge < -0.3 is 64.5 Å². The molecule has 3 rings (SSSR count). The molecule has 0 spiro atoms. The van der Waals surface area contributed by atoms with Gasteiger partial charge in [0.1, 0.15) is 54.9 Å². The second kappa shape index (κ2) is 9.54. The Labute approximate surface area is 171 Å². The molecule has 13 nitrogen and oxygen atoms in total. The highest BCUT2D eigenvalue weighted by Crippen LogP contribution is 2.31. The van der Waals surface area contributed by atoms with Crippen LogP contribution in [0.3, 0.4) is 0 Å². The Bertz CT molecular complexity index is 566. The van der Waals surface area contributed by atoms with Gasteiger partial charge in [0.25, 0.3) is 0 Å². The highest BCUT2D eigenvalue weighted by Gasteiger charge is 2.51. The lowest BCUT2D eigenvalue weighted by Gasteiger charge is -2.46. The smallest absolute Gasteiger partial charge is 0.187 e. The summed E-state index contributed by atoms with van der Waals surface area (Å²) in [5.74, 6) is 0. The summed E-state index contributed by atoms with van der Waals surface area (Å²) in [5, 5.41) is 80.1. The van der Waals surface area contributed by atoms with E-state index in [0.717, 1.165) is 0 Å². The number of hydrogen-bond acceptors (Lipinski definition) is 13. The highest BCUT2D eigenvalue weighted by molar-refractivity contribution is 4.93. The lowest BCUT2D eigenvalue weighted by Crippen LogP contribution is -2.64. The third-order valence-corrected chi connectivity index (χ3v) is 5.62. The second-order valence-corrected chi connectivity index (χ2v) is 7.86. The van der Waals surface area contributed by atoms with E-state index in [4.69, 9.17) is 23.7 Å². The van der Waals surface area contributed by atoms with Crippen LogP contribution in [0.2, 0.25) is 0 Å². The summed E-state index contributed by atoms with van der Waals surface area (Å²) in [7, 11) is 0. The minimum Gasteiger partial charge on any atom is -0.388 e. The quantitative estimate of drug-likeness (QED) is 0.206. The number of hydrogen-bond donors (Lipinski definition) is 8. The summed E-state index contributed by atoms with van der Waals surface area (Å²) in [6.07, 6.45) is -19.7. The van der Waals surface area contributed by atoms with E-state index in [-0.39, 0.29) is 6.61 Å². The minimum absolute atomic E-state index is 0.312. The molecule has 0 radical (unpaired) electrons. The largest absolute Gasteiger partial charge is 0.388 e. The molecule has 0 amide bonds. The van der Waals surface area contributed by atoms with E-state index in [2.05, 4.69) is 0 Å². The van der Waals surface area contributed by atoms with Crippen molar-refractivity contribution in [2.45, 2.75) is 99.9 Å². The van der Waals surface area contributed by atoms with Crippen molar-refractivity contribution in [1.29, 1.82) is 0 Å². The molecule has 0 aromatic heterocycles. The van der Waals surface area contributed by atoms with E-state index in [9.17, 15) is 40.9 Å². The standard InChI is InChI=1S/C17H30O13/c1-4-7(19)9(21)14(15(25)27-4)30-17-12(24)10(22)13(5(2)28-17)29-16-11(23)8(20)6(18)3-26-16/h4-25H,3H2,1-2H3/t4-,5+,6-,7+,8+,9+,10+,11-,12-,13+,14-,15+,16+,17+/m1/s1. The Hall–Kier alpha value is -0.520. The molecule has 0 aromatic carbocycles. The van der Waals surface area contributed by atoms with E-state index >= 15 is 0 Å². The first-order chi connectivity index (χ1) is 14.0. The predicted octanol–water partition coefficient (Wildman–Crippen LogP) is -4.88. The molecule has 0 saturated carbocycles. The number of ether oxygens (including phenoxy) is 5. The fraction of sp³-hybridized carbons (Fsp3) is 1.00. The maximum absolute atomic E-state index is 10.5. The van der Waals surface area contributed by atoms with Crippen molar-refractivity contribution in [3.05, 3.63) is 0 Å². The van der Waals surface area contributed by atoms with Crippen molar-refractivity contribution in [3.63, 3.8) is 0 Å². The van der Waals surface area contributed by atoms with Gasteiger partial charge in [-0.15, -0.1) is 0 Å². The normalized spacial score (nSPS) is 55.4. The monoisotopic (exact) mass is 442 g/mol. The molecule has 13 heteroatoms. The van der Waals surface area contributed by atoms with Gasteiger partial charge in [0.05, 0.1) is 18.8 Å². The Kier molecular flexibility index (Phi) is 7.67. The maximum Gasteiger partial charge on any atom is 0.187 e. The Morgan fingerprint density at radius 1 is 0.600 bits per heavy atom. The van der Waals surface area contributed by atoms with Gasteiger partial charge in [-0.3, -0.25) is 0 Å². The van der Waals surface area contributed by atoms with Crippen LogP contribution in [0.15, 0.2) is 0 Å². The van der Waals surface area contributed by atoms with Crippen molar-refractivity contribution in [2.24, 2.45) is 0 Å². The topological polar surface area (TPSA) is 208 Å². The molecule has 3 fully saturated rings. The lowest BCUT2D eigenvalue weighted by atomic mass is 9.97. The van der Waals surface area contributed by atoms with Crippen LogP contribution in [0.25, 0.3) is 0 Å². The zero-order valence-corrected chi connectivity index (χ0v) is 16.4. The van der Waals surface area contributed by atoms with Gasteiger partial charge in [0.15, 0.2) is 18.9 Å². The molecule has 0 bridgehead atoms. The molecule has 8 N–H and O–H groups in total. The van der Waals surface area contributed by atoms with Gasteiger partial charge in [0, 0.05) is 0 Å². The molecule has 0 unspecified atom stereocenters. The van der Waals surface area contributed by atoms with Crippen LogP contribution < -0.4 is 0 Å². The lowest BCUT2D eigenvalue weighted by molar-refractivity contribution is -0.372. The van der Waals surface area contributed by atoms with E-state index < -0.39 is 86.0 Å². The highest BCUT2D eigenvalue weighted by atomic mass is 16.7. The summed E-state index contributed by atoms with van der Waals surface area (Å²) in [6, 6.07) is 0. The average molecular weight is 442 g/mol. The van der Waals surface area contributed by atoms with Crippen molar-refractivity contribution < 1.29 is 64.5 Å². The Morgan fingerprint density at radius 3 is 1.83 bits per heavy atom. The van der Waals surface area contributed by atoms with Crippen molar-refractivity contribution in [3.8, 4) is 0 Å². The molecule has 3 heterocycles. The average Bonchev–Trinajstić information content (AvgIpc) is 2.70. The van der Waals surface area contributed by atoms with E-state index in [1.165, 1.54) is 13.8 Å². The summed E-state index contributed by atoms with van der Waals surface area (Å²) < 4.78 is 26.6. The van der Waals surface area contributed by atoms with Gasteiger partial charge in [-0.25, -0.2) is 0 Å². The third kappa shape index (κ3) is 4.63. The minimum atomic E-state index is -1.71. The molecule has 3 aliphatic heterocycles. The van der Waals surface area contributed by atoms with Crippen LogP contribution in [0, 0.1) is 0 Å². The fourth-order valence-electron chi connectivity index (χ4n) is 3.68. The predicted molar refractivity (Wildman–Crippen MR) is 92.4 cm³/mol. The first-order valence-corrected chi connectivity index (χ1v) is 9.71. The van der Waals surface area contributed by atoms with Crippen LogP contribution in [0.1, 0.15) is 13.8 Å². The van der Waals surface area contributed by atoms with Crippen LogP contribution in [-0.4, -0.2) is 133 Å². The van der Waals surface area contributed by atoms with Crippen LogP contribution in [0.4, 0.5) is 0 Å². The first kappa shape index (κ1) is 24.1. The summed E-state index contributed by atoms with van der Waals surface area (Å²) in [4.78, 5) is 0. The van der Waals surface area contributed by atoms with Gasteiger partial charge in [-0.1, -0.05) is 0 Å². The molecular weight excluding hydrogens is 412 g/mol.